The molecular weight excluding hydrogens is 294 g/mol. The Morgan fingerprint density at radius 2 is 1.95 bits per heavy atom. The first kappa shape index (κ1) is 17.2. The Kier molecular flexibility index (Phi) is 5.48. The lowest BCUT2D eigenvalue weighted by molar-refractivity contribution is -0.144. The van der Waals surface area contributed by atoms with E-state index in [2.05, 4.69) is 5.32 Å². The molecule has 7 heteroatoms. The molecule has 0 aliphatic heterocycles. The van der Waals surface area contributed by atoms with Gasteiger partial charge in [-0.05, 0) is 38.5 Å². The molecule has 21 heavy (non-hydrogen) atoms. The molecule has 1 aromatic rings. The lowest BCUT2D eigenvalue weighted by Gasteiger charge is -2.14. The van der Waals surface area contributed by atoms with Crippen LogP contribution in [-0.2, 0) is 19.4 Å². The molecule has 0 aliphatic rings. The van der Waals surface area contributed by atoms with Gasteiger partial charge in [0.25, 0.3) is 5.91 Å². The maximum Gasteiger partial charge on any atom is 0.328 e. The van der Waals surface area contributed by atoms with Crippen LogP contribution in [0.2, 0.25) is 0 Å². The topological polar surface area (TPSA) is 89.5 Å². The van der Waals surface area contributed by atoms with Gasteiger partial charge in [0.05, 0.1) is 11.5 Å². The minimum absolute atomic E-state index is 0.0574. The van der Waals surface area contributed by atoms with Crippen LogP contribution in [0.1, 0.15) is 29.8 Å². The van der Waals surface area contributed by atoms with E-state index in [-0.39, 0.29) is 17.1 Å². The van der Waals surface area contributed by atoms with Crippen LogP contribution in [0.4, 0.5) is 0 Å². The van der Waals surface area contributed by atoms with E-state index in [4.69, 9.17) is 4.74 Å². The molecule has 0 bridgehead atoms. The molecule has 116 valence electrons. The normalized spacial score (nSPS) is 12.6. The summed E-state index contributed by atoms with van der Waals surface area (Å²) >= 11 is 0. The van der Waals surface area contributed by atoms with Gasteiger partial charge in [-0.3, -0.25) is 4.79 Å². The molecule has 1 unspecified atom stereocenters. The zero-order chi connectivity index (χ0) is 16.2. The van der Waals surface area contributed by atoms with Crippen molar-refractivity contribution in [2.45, 2.75) is 31.7 Å². The van der Waals surface area contributed by atoms with Crippen molar-refractivity contribution in [3.63, 3.8) is 0 Å². The summed E-state index contributed by atoms with van der Waals surface area (Å²) in [6, 6.07) is 3.49. The monoisotopic (exact) mass is 313 g/mol. The highest BCUT2D eigenvalue weighted by molar-refractivity contribution is 7.90. The molecule has 0 aromatic heterocycles. The van der Waals surface area contributed by atoms with Gasteiger partial charge in [0, 0.05) is 11.8 Å². The predicted octanol–water partition coefficient (Wildman–Crippen LogP) is 1.08. The first-order chi connectivity index (χ1) is 9.66. The maximum absolute atomic E-state index is 12.2. The van der Waals surface area contributed by atoms with Gasteiger partial charge in [-0.15, -0.1) is 0 Å². The number of sulfone groups is 1. The van der Waals surface area contributed by atoms with Crippen LogP contribution in [0, 0.1) is 6.92 Å². The second-order valence-corrected chi connectivity index (χ2v) is 6.71. The van der Waals surface area contributed by atoms with E-state index >= 15 is 0 Å². The fourth-order valence-electron chi connectivity index (χ4n) is 1.68. The summed E-state index contributed by atoms with van der Waals surface area (Å²) in [5, 5.41) is 2.49. The second kappa shape index (κ2) is 6.71. The number of carbonyl (C=O) groups excluding carboxylic acids is 2. The summed E-state index contributed by atoms with van der Waals surface area (Å²) in [4.78, 5) is 23.7. The molecule has 0 fully saturated rings. The quantitative estimate of drug-likeness (QED) is 0.822. The van der Waals surface area contributed by atoms with Crippen LogP contribution in [0.25, 0.3) is 0 Å². The molecule has 0 radical (unpaired) electrons. The van der Waals surface area contributed by atoms with E-state index in [0.717, 1.165) is 6.26 Å². The van der Waals surface area contributed by atoms with E-state index in [1.165, 1.54) is 19.1 Å². The molecule has 6 nitrogen and oxygen atoms in total. The van der Waals surface area contributed by atoms with Crippen molar-refractivity contribution in [3.8, 4) is 0 Å². The van der Waals surface area contributed by atoms with E-state index in [0.29, 0.717) is 5.56 Å². The molecule has 0 heterocycles. The zero-order valence-electron chi connectivity index (χ0n) is 12.5. The van der Waals surface area contributed by atoms with Gasteiger partial charge in [0.15, 0.2) is 9.84 Å². The summed E-state index contributed by atoms with van der Waals surface area (Å²) in [6.45, 7) is 5.09. The van der Waals surface area contributed by atoms with Crippen LogP contribution in [0.15, 0.2) is 23.1 Å². The zero-order valence-corrected chi connectivity index (χ0v) is 13.3. The Morgan fingerprint density at radius 3 is 2.48 bits per heavy atom. The Morgan fingerprint density at radius 1 is 1.33 bits per heavy atom. The van der Waals surface area contributed by atoms with Crippen molar-refractivity contribution in [1.82, 2.24) is 5.32 Å². The van der Waals surface area contributed by atoms with Gasteiger partial charge in [0.2, 0.25) is 0 Å². The fourth-order valence-corrected chi connectivity index (χ4v) is 2.32. The van der Waals surface area contributed by atoms with Crippen molar-refractivity contribution in [3.05, 3.63) is 29.3 Å². The first-order valence-corrected chi connectivity index (χ1v) is 8.34. The van der Waals surface area contributed by atoms with Crippen molar-refractivity contribution in [1.29, 1.82) is 0 Å². The highest BCUT2D eigenvalue weighted by atomic mass is 32.2. The number of ether oxygens (including phenoxy) is 1. The van der Waals surface area contributed by atoms with E-state index in [9.17, 15) is 18.0 Å². The van der Waals surface area contributed by atoms with Gasteiger partial charge in [-0.2, -0.15) is 0 Å². The van der Waals surface area contributed by atoms with Crippen LogP contribution < -0.4 is 5.32 Å². The molecule has 1 amide bonds. The molecule has 0 spiro atoms. The number of carbonyl (C=O) groups is 2. The second-order valence-electron chi connectivity index (χ2n) is 4.70. The number of hydrogen-bond donors (Lipinski definition) is 1. The molecule has 1 N–H and O–H groups in total. The highest BCUT2D eigenvalue weighted by Crippen LogP contribution is 2.15. The van der Waals surface area contributed by atoms with E-state index in [1.54, 1.807) is 19.9 Å². The lowest BCUT2D eigenvalue weighted by atomic mass is 10.1. The Balaban J connectivity index is 3.00. The average molecular weight is 313 g/mol. The number of rotatable bonds is 5. The number of nitrogens with one attached hydrogen (secondary N) is 1. The molecule has 1 aromatic carbocycles. The van der Waals surface area contributed by atoms with Gasteiger partial charge >= 0.3 is 5.97 Å². The highest BCUT2D eigenvalue weighted by Gasteiger charge is 2.20. The van der Waals surface area contributed by atoms with Crippen LogP contribution in [0.5, 0.6) is 0 Å². The van der Waals surface area contributed by atoms with Crippen LogP contribution in [-0.4, -0.2) is 39.2 Å². The van der Waals surface area contributed by atoms with E-state index in [1.807, 2.05) is 0 Å². The van der Waals surface area contributed by atoms with Crippen LogP contribution in [0.3, 0.4) is 0 Å². The molecule has 0 aliphatic carbocycles. The summed E-state index contributed by atoms with van der Waals surface area (Å²) in [7, 11) is -3.40. The van der Waals surface area contributed by atoms with Gasteiger partial charge in [0.1, 0.15) is 6.04 Å². The number of aryl methyl sites for hydroxylation is 1. The fraction of sp³-hybridized carbons (Fsp3) is 0.429. The summed E-state index contributed by atoms with van der Waals surface area (Å²) < 4.78 is 27.9. The summed E-state index contributed by atoms with van der Waals surface area (Å²) in [6.07, 6.45) is 1.07. The minimum Gasteiger partial charge on any atom is -0.464 e. The molecule has 0 saturated heterocycles. The third-order valence-corrected chi connectivity index (χ3v) is 3.98. The average Bonchev–Trinajstić information content (AvgIpc) is 2.37. The summed E-state index contributed by atoms with van der Waals surface area (Å²) in [5.74, 6) is -1.05. The maximum atomic E-state index is 12.2. The Labute approximate surface area is 124 Å². The number of esters is 1. The third-order valence-electron chi connectivity index (χ3n) is 2.87. The Bertz CT molecular complexity index is 651. The largest absolute Gasteiger partial charge is 0.464 e. The Hall–Kier alpha value is -1.89. The van der Waals surface area contributed by atoms with Gasteiger partial charge < -0.3 is 10.1 Å². The van der Waals surface area contributed by atoms with Crippen molar-refractivity contribution >= 4 is 21.7 Å². The SMILES string of the molecule is CCOC(=O)C(C)NC(=O)c1cc(S(C)(=O)=O)ccc1C. The minimum atomic E-state index is -3.40. The number of amides is 1. The lowest BCUT2D eigenvalue weighted by Crippen LogP contribution is -2.39. The summed E-state index contributed by atoms with van der Waals surface area (Å²) in [5.41, 5.74) is 0.838. The molecule has 1 atom stereocenters. The number of benzene rings is 1. The molecule has 1 rings (SSSR count). The van der Waals surface area contributed by atoms with Crippen molar-refractivity contribution in [2.75, 3.05) is 12.9 Å². The van der Waals surface area contributed by atoms with E-state index < -0.39 is 27.8 Å². The van der Waals surface area contributed by atoms with Crippen LogP contribution >= 0.6 is 0 Å². The number of hydrogen-bond acceptors (Lipinski definition) is 5. The first-order valence-electron chi connectivity index (χ1n) is 6.45. The molecule has 0 saturated carbocycles. The van der Waals surface area contributed by atoms with Gasteiger partial charge in [-0.1, -0.05) is 6.07 Å². The third kappa shape index (κ3) is 4.56. The van der Waals surface area contributed by atoms with Crippen molar-refractivity contribution in [2.24, 2.45) is 0 Å². The molecular formula is C14H19NO5S. The van der Waals surface area contributed by atoms with Gasteiger partial charge in [-0.25, -0.2) is 13.2 Å². The predicted molar refractivity (Wildman–Crippen MR) is 77.9 cm³/mol. The van der Waals surface area contributed by atoms with Crippen molar-refractivity contribution < 1.29 is 22.7 Å². The smallest absolute Gasteiger partial charge is 0.328 e. The standard InChI is InChI=1S/C14H19NO5S/c1-5-20-14(17)10(3)15-13(16)12-8-11(21(4,18)19)7-6-9(12)2/h6-8,10H,5H2,1-4H3,(H,15,16).